The van der Waals surface area contributed by atoms with Crippen LogP contribution in [0.25, 0.3) is 0 Å². The number of amides is 3. The first-order chi connectivity index (χ1) is 16.4. The molecule has 0 radical (unpaired) electrons. The maximum Gasteiger partial charge on any atom is 0.241 e. The van der Waals surface area contributed by atoms with Gasteiger partial charge in [-0.1, -0.05) is 30.3 Å². The standard InChI is InChI=1S/C26H29FN2O5/c1-33-14-13-29-24(31)16-26(25(29)32,21-5-3-4-6-22(21)34-2)15-23(30)28-12-11-19(17-28)18-7-9-20(27)10-8-18/h3-10,19H,11-17H2,1-2H3. The van der Waals surface area contributed by atoms with Gasteiger partial charge in [0.1, 0.15) is 11.6 Å². The normalized spacial score (nSPS) is 22.5. The summed E-state index contributed by atoms with van der Waals surface area (Å²) >= 11 is 0. The van der Waals surface area contributed by atoms with Crippen molar-refractivity contribution in [3.63, 3.8) is 0 Å². The number of rotatable bonds is 8. The highest BCUT2D eigenvalue weighted by Gasteiger charge is 2.55. The lowest BCUT2D eigenvalue weighted by molar-refractivity contribution is -0.143. The van der Waals surface area contributed by atoms with Crippen LogP contribution >= 0.6 is 0 Å². The topological polar surface area (TPSA) is 76.2 Å². The molecule has 4 rings (SSSR count). The van der Waals surface area contributed by atoms with Crippen molar-refractivity contribution in [2.75, 3.05) is 40.5 Å². The zero-order valence-corrected chi connectivity index (χ0v) is 19.5. The molecule has 2 aromatic carbocycles. The lowest BCUT2D eigenvalue weighted by Crippen LogP contribution is -2.44. The molecule has 2 unspecified atom stereocenters. The molecule has 180 valence electrons. The first-order valence-electron chi connectivity index (χ1n) is 11.4. The second-order valence-corrected chi connectivity index (χ2v) is 8.86. The van der Waals surface area contributed by atoms with E-state index in [1.165, 1.54) is 31.3 Å². The summed E-state index contributed by atoms with van der Waals surface area (Å²) in [5, 5.41) is 0. The maximum atomic E-state index is 13.7. The van der Waals surface area contributed by atoms with Crippen LogP contribution in [0, 0.1) is 5.82 Å². The number of imide groups is 1. The summed E-state index contributed by atoms with van der Waals surface area (Å²) in [4.78, 5) is 43.0. The second-order valence-electron chi connectivity index (χ2n) is 8.86. The fourth-order valence-electron chi connectivity index (χ4n) is 5.06. The van der Waals surface area contributed by atoms with Crippen LogP contribution in [-0.2, 0) is 24.5 Å². The molecule has 34 heavy (non-hydrogen) atoms. The number of methoxy groups -OCH3 is 2. The molecule has 2 saturated heterocycles. The monoisotopic (exact) mass is 468 g/mol. The van der Waals surface area contributed by atoms with E-state index in [0.717, 1.165) is 12.0 Å². The van der Waals surface area contributed by atoms with E-state index in [9.17, 15) is 18.8 Å². The summed E-state index contributed by atoms with van der Waals surface area (Å²) in [6, 6.07) is 13.4. The van der Waals surface area contributed by atoms with E-state index in [1.807, 2.05) is 0 Å². The van der Waals surface area contributed by atoms with Gasteiger partial charge in [0.2, 0.25) is 17.7 Å². The number of likely N-dealkylation sites (tertiary alicyclic amines) is 2. The lowest BCUT2D eigenvalue weighted by Gasteiger charge is -2.30. The Labute approximate surface area is 198 Å². The Morgan fingerprint density at radius 2 is 1.85 bits per heavy atom. The highest BCUT2D eigenvalue weighted by molar-refractivity contribution is 6.11. The van der Waals surface area contributed by atoms with Gasteiger partial charge in [-0.2, -0.15) is 0 Å². The van der Waals surface area contributed by atoms with Crippen LogP contribution in [0.5, 0.6) is 5.75 Å². The van der Waals surface area contributed by atoms with Gasteiger partial charge >= 0.3 is 0 Å². The molecule has 3 amide bonds. The molecule has 0 N–H and O–H groups in total. The number of hydrogen-bond donors (Lipinski definition) is 0. The third-order valence-corrected chi connectivity index (χ3v) is 6.89. The number of halogens is 1. The number of nitrogens with zero attached hydrogens (tertiary/aromatic N) is 2. The molecule has 8 heteroatoms. The van der Waals surface area contributed by atoms with Gasteiger partial charge in [0, 0.05) is 44.5 Å². The predicted molar refractivity (Wildman–Crippen MR) is 123 cm³/mol. The molecule has 2 aliphatic heterocycles. The largest absolute Gasteiger partial charge is 0.496 e. The first kappa shape index (κ1) is 23.9. The zero-order valence-electron chi connectivity index (χ0n) is 19.5. The molecule has 2 heterocycles. The SMILES string of the molecule is COCCN1C(=O)CC(CC(=O)N2CCC(c3ccc(F)cc3)C2)(c2ccccc2OC)C1=O. The van der Waals surface area contributed by atoms with Crippen LogP contribution in [0.2, 0.25) is 0 Å². The Hall–Kier alpha value is -3.26. The minimum absolute atomic E-state index is 0.100. The quantitative estimate of drug-likeness (QED) is 0.557. The summed E-state index contributed by atoms with van der Waals surface area (Å²) in [7, 11) is 3.01. The number of hydrogen-bond acceptors (Lipinski definition) is 5. The van der Waals surface area contributed by atoms with Gasteiger partial charge in [0.25, 0.3) is 0 Å². The third kappa shape index (κ3) is 4.42. The highest BCUT2D eigenvalue weighted by atomic mass is 19.1. The van der Waals surface area contributed by atoms with E-state index in [-0.39, 0.29) is 49.5 Å². The van der Waals surface area contributed by atoms with E-state index in [0.29, 0.717) is 24.4 Å². The van der Waals surface area contributed by atoms with E-state index < -0.39 is 11.3 Å². The predicted octanol–water partition coefficient (Wildman–Crippen LogP) is 2.88. The fraction of sp³-hybridized carbons (Fsp3) is 0.423. The van der Waals surface area contributed by atoms with Crippen molar-refractivity contribution in [2.45, 2.75) is 30.6 Å². The van der Waals surface area contributed by atoms with Gasteiger partial charge in [-0.3, -0.25) is 19.3 Å². The van der Waals surface area contributed by atoms with Gasteiger partial charge in [-0.25, -0.2) is 4.39 Å². The summed E-state index contributed by atoms with van der Waals surface area (Å²) in [5.41, 5.74) is 0.190. The van der Waals surface area contributed by atoms with Crippen molar-refractivity contribution in [2.24, 2.45) is 0 Å². The van der Waals surface area contributed by atoms with Crippen molar-refractivity contribution in [3.05, 3.63) is 65.5 Å². The Morgan fingerprint density at radius 3 is 2.56 bits per heavy atom. The van der Waals surface area contributed by atoms with E-state index >= 15 is 0 Å². The van der Waals surface area contributed by atoms with Crippen molar-refractivity contribution < 1.29 is 28.2 Å². The van der Waals surface area contributed by atoms with E-state index in [2.05, 4.69) is 0 Å². The molecule has 0 saturated carbocycles. The van der Waals surface area contributed by atoms with Crippen LogP contribution in [0.3, 0.4) is 0 Å². The molecular formula is C26H29FN2O5. The number of carbonyl (C=O) groups excluding carboxylic acids is 3. The Kier molecular flexibility index (Phi) is 6.97. The van der Waals surface area contributed by atoms with Crippen molar-refractivity contribution in [3.8, 4) is 5.75 Å². The Bertz CT molecular complexity index is 1070. The summed E-state index contributed by atoms with van der Waals surface area (Å²) in [6.07, 6.45) is 0.528. The Morgan fingerprint density at radius 1 is 1.12 bits per heavy atom. The summed E-state index contributed by atoms with van der Waals surface area (Å²) < 4.78 is 23.9. The van der Waals surface area contributed by atoms with Gasteiger partial charge in [-0.15, -0.1) is 0 Å². The molecule has 2 atom stereocenters. The number of benzene rings is 2. The minimum Gasteiger partial charge on any atom is -0.496 e. The maximum absolute atomic E-state index is 13.7. The molecule has 2 aromatic rings. The number of para-hydroxylation sites is 1. The van der Waals surface area contributed by atoms with Gasteiger partial charge in [0.05, 0.1) is 25.7 Å². The Balaban J connectivity index is 1.60. The number of ether oxygens (including phenoxy) is 2. The molecule has 0 spiro atoms. The van der Waals surface area contributed by atoms with Crippen LogP contribution < -0.4 is 4.74 Å². The van der Waals surface area contributed by atoms with Crippen LogP contribution in [0.4, 0.5) is 4.39 Å². The molecule has 0 bridgehead atoms. The smallest absolute Gasteiger partial charge is 0.241 e. The number of carbonyl (C=O) groups is 3. The first-order valence-corrected chi connectivity index (χ1v) is 11.4. The second kappa shape index (κ2) is 9.93. The fourth-order valence-corrected chi connectivity index (χ4v) is 5.06. The van der Waals surface area contributed by atoms with E-state index in [1.54, 1.807) is 41.3 Å². The average Bonchev–Trinajstić information content (AvgIpc) is 3.42. The molecule has 0 aromatic heterocycles. The van der Waals surface area contributed by atoms with Gasteiger partial charge < -0.3 is 14.4 Å². The molecule has 2 fully saturated rings. The highest BCUT2D eigenvalue weighted by Crippen LogP contribution is 2.44. The molecular weight excluding hydrogens is 439 g/mol. The van der Waals surface area contributed by atoms with Gasteiger partial charge in [-0.05, 0) is 30.2 Å². The van der Waals surface area contributed by atoms with Crippen LogP contribution in [-0.4, -0.2) is 68.0 Å². The van der Waals surface area contributed by atoms with Crippen LogP contribution in [0.15, 0.2) is 48.5 Å². The van der Waals surface area contributed by atoms with Crippen molar-refractivity contribution in [1.82, 2.24) is 9.80 Å². The molecule has 7 nitrogen and oxygen atoms in total. The molecule has 0 aliphatic carbocycles. The van der Waals surface area contributed by atoms with Gasteiger partial charge in [0.15, 0.2) is 0 Å². The zero-order chi connectivity index (χ0) is 24.3. The molecule has 2 aliphatic rings. The minimum atomic E-state index is -1.33. The lowest BCUT2D eigenvalue weighted by atomic mass is 9.75. The third-order valence-electron chi connectivity index (χ3n) is 6.89. The summed E-state index contributed by atoms with van der Waals surface area (Å²) in [6.45, 7) is 1.38. The van der Waals surface area contributed by atoms with Crippen molar-refractivity contribution in [1.29, 1.82) is 0 Å². The van der Waals surface area contributed by atoms with Crippen molar-refractivity contribution >= 4 is 17.7 Å². The average molecular weight is 469 g/mol. The summed E-state index contributed by atoms with van der Waals surface area (Å²) in [5.74, 6) is -0.643. The van der Waals surface area contributed by atoms with E-state index in [4.69, 9.17) is 9.47 Å². The van der Waals surface area contributed by atoms with Crippen LogP contribution in [0.1, 0.15) is 36.3 Å².